The molecular formula is C23H26N2O6. The van der Waals surface area contributed by atoms with Crippen LogP contribution in [0.4, 0.5) is 10.5 Å². The lowest BCUT2D eigenvalue weighted by Crippen LogP contribution is -2.79. The van der Waals surface area contributed by atoms with Gasteiger partial charge in [0.15, 0.2) is 5.54 Å². The van der Waals surface area contributed by atoms with Crippen LogP contribution in [0.1, 0.15) is 37.7 Å². The Morgan fingerprint density at radius 3 is 2.68 bits per heavy atom. The number of carbonyl (C=O) groups is 3. The number of hydrogen-bond donors (Lipinski definition) is 0. The number of methoxy groups -OCH3 is 2. The third-order valence-electron chi connectivity index (χ3n) is 9.17. The maximum Gasteiger partial charge on any atom is 0.415 e. The molecule has 3 heterocycles. The summed E-state index contributed by atoms with van der Waals surface area (Å²) < 4.78 is 10.0. The maximum absolute atomic E-state index is 14.3. The third kappa shape index (κ3) is 1.78. The number of ether oxygens (including phenoxy) is 2. The number of anilines is 1. The summed E-state index contributed by atoms with van der Waals surface area (Å²) in [7, 11) is 2.59. The van der Waals surface area contributed by atoms with Crippen LogP contribution < -0.4 is 4.90 Å². The van der Waals surface area contributed by atoms with E-state index in [0.717, 1.165) is 18.4 Å². The molecular weight excluding hydrogens is 400 g/mol. The van der Waals surface area contributed by atoms with E-state index in [0.29, 0.717) is 31.5 Å². The monoisotopic (exact) mass is 426 g/mol. The first kappa shape index (κ1) is 19.3. The molecule has 2 aliphatic carbocycles. The molecule has 1 amide bonds. The highest BCUT2D eigenvalue weighted by atomic mass is 16.6. The van der Waals surface area contributed by atoms with Gasteiger partial charge in [-0.3, -0.25) is 9.69 Å². The van der Waals surface area contributed by atoms with E-state index >= 15 is 0 Å². The van der Waals surface area contributed by atoms with Crippen LogP contribution in [0.5, 0.6) is 0 Å². The average Bonchev–Trinajstić information content (AvgIpc) is 3.19. The highest BCUT2D eigenvalue weighted by Gasteiger charge is 2.87. The van der Waals surface area contributed by atoms with Crippen molar-refractivity contribution in [3.8, 4) is 0 Å². The largest absolute Gasteiger partial charge is 0.633 e. The number of carbonyl (C=O) groups excluding carboxylic acids is 3. The van der Waals surface area contributed by atoms with Gasteiger partial charge in [-0.25, -0.2) is 9.59 Å². The molecule has 6 rings (SSSR count). The summed E-state index contributed by atoms with van der Waals surface area (Å²) in [6.07, 6.45) is 2.20. The van der Waals surface area contributed by atoms with Gasteiger partial charge in [0, 0.05) is 11.8 Å². The van der Waals surface area contributed by atoms with E-state index in [1.165, 1.54) is 19.1 Å². The number of hydroxylamine groups is 3. The highest BCUT2D eigenvalue weighted by Crippen LogP contribution is 2.75. The van der Waals surface area contributed by atoms with E-state index < -0.39 is 45.0 Å². The molecule has 0 N–H and O–H groups in total. The van der Waals surface area contributed by atoms with Crippen LogP contribution in [-0.4, -0.2) is 61.4 Å². The van der Waals surface area contributed by atoms with Crippen LogP contribution in [0.25, 0.3) is 0 Å². The Kier molecular flexibility index (Phi) is 3.52. The van der Waals surface area contributed by atoms with Gasteiger partial charge in [-0.15, -0.1) is 0 Å². The first-order valence-corrected chi connectivity index (χ1v) is 11.0. The Morgan fingerprint density at radius 2 is 1.94 bits per heavy atom. The van der Waals surface area contributed by atoms with Crippen LogP contribution in [0.2, 0.25) is 0 Å². The summed E-state index contributed by atoms with van der Waals surface area (Å²) in [6, 6.07) is 6.88. The number of fused-ring (bicyclic) bond motifs is 1. The number of piperidine rings is 1. The van der Waals surface area contributed by atoms with Gasteiger partial charge < -0.3 is 19.3 Å². The molecule has 6 atom stereocenters. The van der Waals surface area contributed by atoms with Gasteiger partial charge in [0.1, 0.15) is 11.8 Å². The van der Waals surface area contributed by atoms with Crippen LogP contribution in [0, 0.1) is 16.5 Å². The van der Waals surface area contributed by atoms with Crippen LogP contribution in [0.15, 0.2) is 24.3 Å². The smallest absolute Gasteiger partial charge is 0.415 e. The molecule has 2 unspecified atom stereocenters. The van der Waals surface area contributed by atoms with Gasteiger partial charge in [0.05, 0.1) is 44.3 Å². The quantitative estimate of drug-likeness (QED) is 0.388. The number of esters is 1. The van der Waals surface area contributed by atoms with Crippen molar-refractivity contribution in [1.82, 2.24) is 0 Å². The first-order valence-electron chi connectivity index (χ1n) is 11.0. The standard InChI is InChI=1S/C23H26N2O6/c1-30-19(27)22-10-9-21-8-5-11-25(29)13-15(17(26)12-21)23(22,18(21)25)14-6-3-4-7-16(14)24(22)20(28)31-2/h3-4,6-7,15,18H,5,8-13H2,1-2H3/t15?,18-,21+,22+,23+,25?/m0/s1. The molecule has 0 aromatic heterocycles. The molecule has 2 saturated carbocycles. The number of para-hydroxylation sites is 1. The molecule has 5 aliphatic rings. The molecule has 31 heavy (non-hydrogen) atoms. The normalized spacial score (nSPS) is 43.8. The van der Waals surface area contributed by atoms with E-state index in [2.05, 4.69) is 0 Å². The Balaban J connectivity index is 1.76. The van der Waals surface area contributed by atoms with Crippen molar-refractivity contribution < 1.29 is 28.5 Å². The molecule has 8 heteroatoms. The number of rotatable bonds is 1. The molecule has 4 bridgehead atoms. The molecule has 1 aromatic carbocycles. The second-order valence-electron chi connectivity index (χ2n) is 9.97. The lowest BCUT2D eigenvalue weighted by atomic mass is 9.41. The predicted octanol–water partition coefficient (Wildman–Crippen LogP) is 2.28. The van der Waals surface area contributed by atoms with Crippen molar-refractivity contribution in [2.45, 2.75) is 49.1 Å². The molecule has 3 aliphatic heterocycles. The van der Waals surface area contributed by atoms with E-state index in [1.54, 1.807) is 12.1 Å². The molecule has 0 radical (unpaired) electrons. The van der Waals surface area contributed by atoms with Crippen molar-refractivity contribution in [2.75, 3.05) is 32.2 Å². The number of amides is 1. The maximum atomic E-state index is 14.3. The predicted molar refractivity (Wildman–Crippen MR) is 109 cm³/mol. The van der Waals surface area contributed by atoms with Crippen molar-refractivity contribution in [1.29, 1.82) is 0 Å². The molecule has 1 spiro atoms. The second kappa shape index (κ2) is 5.66. The topological polar surface area (TPSA) is 96.0 Å². The number of benzene rings is 1. The molecule has 2 saturated heterocycles. The fraction of sp³-hybridized carbons (Fsp3) is 0.609. The second-order valence-corrected chi connectivity index (χ2v) is 9.97. The Hall–Kier alpha value is -2.45. The minimum Gasteiger partial charge on any atom is -0.633 e. The average molecular weight is 426 g/mol. The fourth-order valence-electron chi connectivity index (χ4n) is 8.63. The van der Waals surface area contributed by atoms with Gasteiger partial charge in [-0.1, -0.05) is 18.2 Å². The fourth-order valence-corrected chi connectivity index (χ4v) is 8.63. The zero-order chi connectivity index (χ0) is 21.8. The van der Waals surface area contributed by atoms with E-state index in [9.17, 15) is 19.6 Å². The number of hydrogen-bond acceptors (Lipinski definition) is 6. The van der Waals surface area contributed by atoms with E-state index in [1.807, 2.05) is 12.1 Å². The minimum atomic E-state index is -1.46. The van der Waals surface area contributed by atoms with Gasteiger partial charge in [0.2, 0.25) is 0 Å². The zero-order valence-electron chi connectivity index (χ0n) is 17.8. The molecule has 8 nitrogen and oxygen atoms in total. The van der Waals surface area contributed by atoms with Crippen molar-refractivity contribution in [2.24, 2.45) is 11.3 Å². The lowest BCUT2D eigenvalue weighted by molar-refractivity contribution is -0.910. The van der Waals surface area contributed by atoms with Crippen LogP contribution >= 0.6 is 0 Å². The highest BCUT2D eigenvalue weighted by molar-refractivity contribution is 6.07. The summed E-state index contributed by atoms with van der Waals surface area (Å²) >= 11 is 0. The number of ketones is 1. The number of Topliss-reactive ketones (excluding diaryl/α,β-unsaturated/α-hetero) is 1. The number of quaternary nitrogens is 1. The SMILES string of the molecule is COC(=O)N1c2ccccc2[C@]23C4C[N+]5([O-])CCC[C@@](CC[C@]12C(=O)OC)(CC4=O)[C@@H]35. The summed E-state index contributed by atoms with van der Waals surface area (Å²) in [5, 5.41) is 14.3. The minimum absolute atomic E-state index is 0.0449. The molecule has 4 fully saturated rings. The Morgan fingerprint density at radius 1 is 1.16 bits per heavy atom. The summed E-state index contributed by atoms with van der Waals surface area (Å²) in [4.78, 5) is 42.0. The summed E-state index contributed by atoms with van der Waals surface area (Å²) in [6.45, 7) is 0.600. The van der Waals surface area contributed by atoms with Gasteiger partial charge in [-0.2, -0.15) is 0 Å². The summed E-state index contributed by atoms with van der Waals surface area (Å²) in [5.74, 6) is -1.15. The third-order valence-corrected chi connectivity index (χ3v) is 9.17. The van der Waals surface area contributed by atoms with Gasteiger partial charge >= 0.3 is 12.1 Å². The Bertz CT molecular complexity index is 1040. The van der Waals surface area contributed by atoms with Crippen molar-refractivity contribution >= 4 is 23.5 Å². The number of nitrogens with zero attached hydrogens (tertiary/aromatic N) is 2. The Labute approximate surface area is 180 Å². The van der Waals surface area contributed by atoms with E-state index in [-0.39, 0.29) is 12.3 Å². The van der Waals surface area contributed by atoms with Gasteiger partial charge in [0.25, 0.3) is 0 Å². The summed E-state index contributed by atoms with van der Waals surface area (Å²) in [5.41, 5.74) is -1.71. The van der Waals surface area contributed by atoms with Crippen molar-refractivity contribution in [3.05, 3.63) is 35.0 Å². The van der Waals surface area contributed by atoms with Crippen molar-refractivity contribution in [3.63, 3.8) is 0 Å². The van der Waals surface area contributed by atoms with E-state index in [4.69, 9.17) is 9.47 Å². The molecule has 1 aromatic rings. The zero-order valence-corrected chi connectivity index (χ0v) is 17.8. The first-order chi connectivity index (χ1) is 14.8. The van der Waals surface area contributed by atoms with Crippen LogP contribution in [-0.2, 0) is 24.5 Å². The molecule has 164 valence electrons. The van der Waals surface area contributed by atoms with Crippen LogP contribution in [0.3, 0.4) is 0 Å². The van der Waals surface area contributed by atoms with Gasteiger partial charge in [-0.05, 0) is 37.3 Å². The lowest BCUT2D eigenvalue weighted by Gasteiger charge is -2.66.